The molecule has 1 aromatic heterocycles. The zero-order chi connectivity index (χ0) is 22.5. The fraction of sp³-hybridized carbons (Fsp3) is 0.600. The summed E-state index contributed by atoms with van der Waals surface area (Å²) >= 11 is 0. The lowest BCUT2D eigenvalue weighted by Crippen LogP contribution is -2.33. The lowest BCUT2D eigenvalue weighted by molar-refractivity contribution is 0.121. The van der Waals surface area contributed by atoms with Gasteiger partial charge >= 0.3 is 0 Å². The fourth-order valence-corrected chi connectivity index (χ4v) is 5.77. The summed E-state index contributed by atoms with van der Waals surface area (Å²) in [6, 6.07) is 4.59. The van der Waals surface area contributed by atoms with Crippen LogP contribution in [-0.2, 0) is 16.6 Å². The molecule has 2 aromatic rings. The summed E-state index contributed by atoms with van der Waals surface area (Å²) in [7, 11) is 1.80. The summed E-state index contributed by atoms with van der Waals surface area (Å²) in [6.07, 6.45) is 7.99. The fourth-order valence-electron chi connectivity index (χ4n) is 5.77. The monoisotopic (exact) mass is 437 g/mol. The number of ether oxygens (including phenoxy) is 2. The van der Waals surface area contributed by atoms with Crippen LogP contribution in [0.25, 0.3) is 11.3 Å². The van der Waals surface area contributed by atoms with Gasteiger partial charge in [0.05, 0.1) is 23.6 Å². The minimum atomic E-state index is -0.168. The Bertz CT molecular complexity index is 1000. The van der Waals surface area contributed by atoms with E-state index in [9.17, 15) is 0 Å². The van der Waals surface area contributed by atoms with Gasteiger partial charge in [-0.3, -0.25) is 0 Å². The SMILES string of the molecule is COC1CCN(c2c(OC3CCC(N)CC3)ccc3c2CC(C)(C)c2c(N)ncnc2-3)C1. The number of fused-ring (bicyclic) bond motifs is 3. The van der Waals surface area contributed by atoms with E-state index in [1.54, 1.807) is 13.4 Å². The number of nitrogen functional groups attached to an aromatic ring is 1. The van der Waals surface area contributed by atoms with Crippen LogP contribution in [0.1, 0.15) is 57.1 Å². The molecule has 2 aliphatic carbocycles. The number of anilines is 2. The van der Waals surface area contributed by atoms with Gasteiger partial charge < -0.3 is 25.8 Å². The average Bonchev–Trinajstić information content (AvgIpc) is 3.23. The molecule has 7 nitrogen and oxygen atoms in total. The van der Waals surface area contributed by atoms with Crippen LogP contribution in [0.2, 0.25) is 0 Å². The van der Waals surface area contributed by atoms with E-state index in [-0.39, 0.29) is 17.6 Å². The van der Waals surface area contributed by atoms with Gasteiger partial charge in [-0.05, 0) is 61.6 Å². The molecular weight excluding hydrogens is 402 g/mol. The zero-order valence-electron chi connectivity index (χ0n) is 19.4. The third-order valence-corrected chi connectivity index (χ3v) is 7.48. The van der Waals surface area contributed by atoms with E-state index < -0.39 is 0 Å². The minimum absolute atomic E-state index is 0.168. The largest absolute Gasteiger partial charge is 0.488 e. The normalized spacial score (nSPS) is 26.5. The first-order chi connectivity index (χ1) is 15.4. The highest BCUT2D eigenvalue weighted by Gasteiger charge is 2.38. The molecule has 2 fully saturated rings. The van der Waals surface area contributed by atoms with Gasteiger partial charge in [-0.15, -0.1) is 0 Å². The Labute approximate surface area is 190 Å². The van der Waals surface area contributed by atoms with Crippen molar-refractivity contribution in [2.45, 2.75) is 76.0 Å². The molecule has 1 atom stereocenters. The predicted molar refractivity (Wildman–Crippen MR) is 127 cm³/mol. The van der Waals surface area contributed by atoms with Crippen LogP contribution in [-0.4, -0.2) is 48.4 Å². The van der Waals surface area contributed by atoms with Gasteiger partial charge in [0.25, 0.3) is 0 Å². The topological polar surface area (TPSA) is 99.5 Å². The van der Waals surface area contributed by atoms with Crippen LogP contribution >= 0.6 is 0 Å². The highest BCUT2D eigenvalue weighted by Crippen LogP contribution is 2.50. The van der Waals surface area contributed by atoms with E-state index in [0.29, 0.717) is 11.9 Å². The molecule has 1 aromatic carbocycles. The van der Waals surface area contributed by atoms with Gasteiger partial charge in [0.15, 0.2) is 0 Å². The maximum atomic E-state index is 6.67. The van der Waals surface area contributed by atoms with E-state index in [0.717, 1.165) is 74.2 Å². The maximum absolute atomic E-state index is 6.67. The Morgan fingerprint density at radius 3 is 2.56 bits per heavy atom. The van der Waals surface area contributed by atoms with E-state index in [2.05, 4.69) is 40.8 Å². The smallest absolute Gasteiger partial charge is 0.143 e. The van der Waals surface area contributed by atoms with Crippen molar-refractivity contribution in [2.75, 3.05) is 30.8 Å². The van der Waals surface area contributed by atoms with Crippen molar-refractivity contribution in [2.24, 2.45) is 5.73 Å². The standard InChI is InChI=1S/C25H35N5O2/c1-25(2)12-19-18(22-21(25)24(27)29-14-28-22)8-9-20(32-16-6-4-15(26)5-7-16)23(19)30-11-10-17(13-30)31-3/h8-9,14-17H,4-7,10-13,26H2,1-3H3,(H2,27,28,29). The number of nitrogens with zero attached hydrogens (tertiary/aromatic N) is 3. The van der Waals surface area contributed by atoms with Crippen molar-refractivity contribution < 1.29 is 9.47 Å². The molecule has 2 heterocycles. The zero-order valence-corrected chi connectivity index (χ0v) is 19.4. The first-order valence-corrected chi connectivity index (χ1v) is 11.8. The number of methoxy groups -OCH3 is 1. The highest BCUT2D eigenvalue weighted by molar-refractivity contribution is 5.83. The highest BCUT2D eigenvalue weighted by atomic mass is 16.5. The van der Waals surface area contributed by atoms with Crippen molar-refractivity contribution in [3.63, 3.8) is 0 Å². The van der Waals surface area contributed by atoms with Crippen LogP contribution in [0.4, 0.5) is 11.5 Å². The van der Waals surface area contributed by atoms with Crippen molar-refractivity contribution in [1.82, 2.24) is 9.97 Å². The Morgan fingerprint density at radius 2 is 1.84 bits per heavy atom. The number of benzene rings is 1. The first-order valence-electron chi connectivity index (χ1n) is 11.8. The molecule has 0 spiro atoms. The Balaban J connectivity index is 1.61. The van der Waals surface area contributed by atoms with Gasteiger partial charge in [0.2, 0.25) is 0 Å². The van der Waals surface area contributed by atoms with Crippen molar-refractivity contribution in [3.05, 3.63) is 29.6 Å². The molecule has 1 aliphatic heterocycles. The summed E-state index contributed by atoms with van der Waals surface area (Å²) in [6.45, 7) is 6.30. The number of aromatic nitrogens is 2. The van der Waals surface area contributed by atoms with E-state index in [1.807, 2.05) is 0 Å². The lowest BCUT2D eigenvalue weighted by atomic mass is 9.71. The van der Waals surface area contributed by atoms with E-state index >= 15 is 0 Å². The molecule has 4 N–H and O–H groups in total. The molecule has 0 radical (unpaired) electrons. The minimum Gasteiger partial charge on any atom is -0.488 e. The Hall–Kier alpha value is -2.38. The summed E-state index contributed by atoms with van der Waals surface area (Å²) in [4.78, 5) is 11.4. The second-order valence-corrected chi connectivity index (χ2v) is 10.2. The molecule has 0 amide bonds. The quantitative estimate of drug-likeness (QED) is 0.756. The molecule has 0 bridgehead atoms. The average molecular weight is 438 g/mol. The van der Waals surface area contributed by atoms with Crippen LogP contribution in [0.5, 0.6) is 5.75 Å². The van der Waals surface area contributed by atoms with Gasteiger partial charge in [0, 0.05) is 37.4 Å². The van der Waals surface area contributed by atoms with Crippen LogP contribution < -0.4 is 21.1 Å². The van der Waals surface area contributed by atoms with Gasteiger partial charge in [0.1, 0.15) is 17.9 Å². The Morgan fingerprint density at radius 1 is 1.06 bits per heavy atom. The molecule has 172 valence electrons. The predicted octanol–water partition coefficient (Wildman–Crippen LogP) is 3.43. The second kappa shape index (κ2) is 8.19. The molecule has 1 saturated heterocycles. The Kier molecular flexibility index (Phi) is 5.50. The summed E-state index contributed by atoms with van der Waals surface area (Å²) < 4.78 is 12.4. The summed E-state index contributed by atoms with van der Waals surface area (Å²) in [5.41, 5.74) is 17.9. The molecule has 7 heteroatoms. The first kappa shape index (κ1) is 21.5. The van der Waals surface area contributed by atoms with Crippen LogP contribution in [0, 0.1) is 0 Å². The molecular formula is C25H35N5O2. The molecule has 1 saturated carbocycles. The third-order valence-electron chi connectivity index (χ3n) is 7.48. The number of hydrogen-bond acceptors (Lipinski definition) is 7. The van der Waals surface area contributed by atoms with Crippen molar-refractivity contribution in [1.29, 1.82) is 0 Å². The molecule has 3 aliphatic rings. The van der Waals surface area contributed by atoms with E-state index in [1.165, 1.54) is 11.3 Å². The number of nitrogens with two attached hydrogens (primary N) is 2. The lowest BCUT2D eigenvalue weighted by Gasteiger charge is -2.37. The van der Waals surface area contributed by atoms with Crippen LogP contribution in [0.3, 0.4) is 0 Å². The molecule has 1 unspecified atom stereocenters. The van der Waals surface area contributed by atoms with Crippen LogP contribution in [0.15, 0.2) is 18.5 Å². The molecule has 32 heavy (non-hydrogen) atoms. The number of hydrogen-bond donors (Lipinski definition) is 2. The van der Waals surface area contributed by atoms with Gasteiger partial charge in [-0.1, -0.05) is 13.8 Å². The van der Waals surface area contributed by atoms with Crippen molar-refractivity contribution in [3.8, 4) is 17.0 Å². The van der Waals surface area contributed by atoms with Crippen molar-refractivity contribution >= 4 is 11.5 Å². The third kappa shape index (κ3) is 3.71. The number of rotatable bonds is 4. The maximum Gasteiger partial charge on any atom is 0.143 e. The van der Waals surface area contributed by atoms with Gasteiger partial charge in [-0.2, -0.15) is 0 Å². The van der Waals surface area contributed by atoms with Gasteiger partial charge in [-0.25, -0.2) is 9.97 Å². The summed E-state index contributed by atoms with van der Waals surface area (Å²) in [5.74, 6) is 1.55. The van der Waals surface area contributed by atoms with E-state index in [4.69, 9.17) is 20.9 Å². The molecule has 5 rings (SSSR count). The second-order valence-electron chi connectivity index (χ2n) is 10.2. The summed E-state index contributed by atoms with van der Waals surface area (Å²) in [5, 5.41) is 0.